The number of rotatable bonds is 7. The van der Waals surface area contributed by atoms with Gasteiger partial charge in [0.1, 0.15) is 18.0 Å². The van der Waals surface area contributed by atoms with Gasteiger partial charge in [0.15, 0.2) is 0 Å². The molecule has 0 aliphatic carbocycles. The molecule has 0 bridgehead atoms. The Morgan fingerprint density at radius 3 is 2.60 bits per heavy atom. The number of piperidine rings is 1. The fourth-order valence-electron chi connectivity index (χ4n) is 4.28. The highest BCUT2D eigenvalue weighted by atomic mass is 32.3. The highest BCUT2D eigenvalue weighted by Gasteiger charge is 2.22. The molecule has 3 aromatic heterocycles. The van der Waals surface area contributed by atoms with Gasteiger partial charge in [-0.2, -0.15) is 5.10 Å². The van der Waals surface area contributed by atoms with Gasteiger partial charge >= 0.3 is 0 Å². The summed E-state index contributed by atoms with van der Waals surface area (Å²) in [5, 5.41) is 15.7. The van der Waals surface area contributed by atoms with E-state index in [0.717, 1.165) is 60.3 Å². The highest BCUT2D eigenvalue weighted by Crippen LogP contribution is 2.35. The highest BCUT2D eigenvalue weighted by molar-refractivity contribution is 8.32. The Balaban J connectivity index is 1.65. The summed E-state index contributed by atoms with van der Waals surface area (Å²) in [7, 11) is 1.62. The second-order valence-corrected chi connectivity index (χ2v) is 15.6. The van der Waals surface area contributed by atoms with Crippen LogP contribution in [0.15, 0.2) is 30.9 Å². The third-order valence-electron chi connectivity index (χ3n) is 6.31. The molecule has 1 N–H and O–H groups in total. The third kappa shape index (κ3) is 6.89. The van der Waals surface area contributed by atoms with E-state index in [1.54, 1.807) is 13.8 Å². The van der Waals surface area contributed by atoms with E-state index in [2.05, 4.69) is 69.6 Å². The van der Waals surface area contributed by atoms with Crippen molar-refractivity contribution in [3.05, 3.63) is 36.5 Å². The van der Waals surface area contributed by atoms with Crippen molar-refractivity contribution in [1.82, 2.24) is 24.2 Å². The molecule has 0 saturated carbocycles. The molecule has 7 nitrogen and oxygen atoms in total. The first-order valence-corrected chi connectivity index (χ1v) is 15.2. The summed E-state index contributed by atoms with van der Waals surface area (Å²) in [6.07, 6.45) is 17.3. The lowest BCUT2D eigenvalue weighted by molar-refractivity contribution is 0.0809. The molecular weight excluding hydrogens is 458 g/mol. The van der Waals surface area contributed by atoms with Crippen LogP contribution in [0.25, 0.3) is 22.0 Å². The van der Waals surface area contributed by atoms with Gasteiger partial charge in [-0.3, -0.25) is 0 Å². The Labute approximate surface area is 210 Å². The Morgan fingerprint density at radius 2 is 1.91 bits per heavy atom. The number of nitrogens with zero attached hydrogens (tertiary/aromatic N) is 5. The Bertz CT molecular complexity index is 1210. The van der Waals surface area contributed by atoms with Crippen molar-refractivity contribution in [3.8, 4) is 23.0 Å². The maximum absolute atomic E-state index is 10.0. The summed E-state index contributed by atoms with van der Waals surface area (Å²) in [5.41, 5.74) is 2.88. The molecule has 4 rings (SSSR count). The van der Waals surface area contributed by atoms with Crippen LogP contribution in [0.1, 0.15) is 38.4 Å². The zero-order valence-corrected chi connectivity index (χ0v) is 22.7. The van der Waals surface area contributed by atoms with Crippen LogP contribution in [0, 0.1) is 11.8 Å². The van der Waals surface area contributed by atoms with E-state index < -0.39 is 15.6 Å². The summed E-state index contributed by atoms with van der Waals surface area (Å²) in [6.45, 7) is 6.74. The molecule has 0 unspecified atom stereocenters. The van der Waals surface area contributed by atoms with Gasteiger partial charge in [0.05, 0.1) is 24.5 Å². The van der Waals surface area contributed by atoms with E-state index in [0.29, 0.717) is 18.5 Å². The van der Waals surface area contributed by atoms with Gasteiger partial charge in [0.2, 0.25) is 0 Å². The number of ether oxygens (including phenoxy) is 1. The SMILES string of the molecule is CN1CCC(n2cc(-c3cnn(COCCS(C)(C)C)c3)c3cc(C#CC(C)(C)O)ncc32)CC1. The Hall–Kier alpha value is -2.31. The first-order valence-electron chi connectivity index (χ1n) is 12.2. The minimum atomic E-state index is -1.06. The molecule has 0 atom stereocenters. The number of pyridine rings is 1. The van der Waals surface area contributed by atoms with Crippen molar-refractivity contribution < 1.29 is 9.84 Å². The molecule has 0 aromatic carbocycles. The molecule has 1 aliphatic rings. The number of hydrogen-bond donors (Lipinski definition) is 1. The third-order valence-corrected chi connectivity index (χ3v) is 7.70. The van der Waals surface area contributed by atoms with Crippen molar-refractivity contribution in [3.63, 3.8) is 0 Å². The lowest BCUT2D eigenvalue weighted by atomic mass is 10.1. The van der Waals surface area contributed by atoms with E-state index in [9.17, 15) is 5.11 Å². The van der Waals surface area contributed by atoms with Gasteiger partial charge in [0.25, 0.3) is 0 Å². The minimum absolute atomic E-state index is 0.441. The lowest BCUT2D eigenvalue weighted by Gasteiger charge is -2.30. The molecule has 4 heterocycles. The van der Waals surface area contributed by atoms with Crippen molar-refractivity contribution in [2.24, 2.45) is 0 Å². The van der Waals surface area contributed by atoms with Crippen molar-refractivity contribution >= 4 is 20.9 Å². The topological polar surface area (TPSA) is 68.3 Å². The van der Waals surface area contributed by atoms with Crippen LogP contribution >= 0.6 is 10.0 Å². The molecule has 1 saturated heterocycles. The van der Waals surface area contributed by atoms with Crippen molar-refractivity contribution in [2.45, 2.75) is 45.1 Å². The monoisotopic (exact) mass is 497 g/mol. The molecule has 35 heavy (non-hydrogen) atoms. The van der Waals surface area contributed by atoms with Crippen LogP contribution in [0.2, 0.25) is 0 Å². The Morgan fingerprint density at radius 1 is 1.17 bits per heavy atom. The van der Waals surface area contributed by atoms with Crippen LogP contribution in [0.5, 0.6) is 0 Å². The lowest BCUT2D eigenvalue weighted by Crippen LogP contribution is -2.31. The van der Waals surface area contributed by atoms with Crippen LogP contribution in [-0.2, 0) is 11.5 Å². The van der Waals surface area contributed by atoms with Crippen LogP contribution in [-0.4, -0.2) is 86.2 Å². The minimum Gasteiger partial charge on any atom is -0.378 e. The molecule has 3 aromatic rings. The quantitative estimate of drug-likeness (QED) is 0.395. The van der Waals surface area contributed by atoms with Crippen molar-refractivity contribution in [1.29, 1.82) is 0 Å². The number of likely N-dealkylation sites (tertiary alicyclic amines) is 1. The average Bonchev–Trinajstić information content (AvgIpc) is 3.39. The van der Waals surface area contributed by atoms with E-state index in [-0.39, 0.29) is 0 Å². The smallest absolute Gasteiger partial charge is 0.139 e. The number of fused-ring (bicyclic) bond motifs is 1. The maximum atomic E-state index is 10.0. The summed E-state index contributed by atoms with van der Waals surface area (Å²) in [6, 6.07) is 2.48. The second kappa shape index (κ2) is 10.4. The van der Waals surface area contributed by atoms with Crippen LogP contribution in [0.3, 0.4) is 0 Å². The van der Waals surface area contributed by atoms with E-state index >= 15 is 0 Å². The number of aromatic nitrogens is 4. The Kier molecular flexibility index (Phi) is 7.62. The second-order valence-electron chi connectivity index (χ2n) is 11.0. The molecule has 1 fully saturated rings. The zero-order valence-electron chi connectivity index (χ0n) is 21.9. The van der Waals surface area contributed by atoms with Gasteiger partial charge in [-0.05, 0) is 77.6 Å². The molecule has 1 aliphatic heterocycles. The van der Waals surface area contributed by atoms with Crippen molar-refractivity contribution in [2.75, 3.05) is 51.3 Å². The molecule has 190 valence electrons. The fourth-order valence-corrected chi connectivity index (χ4v) is 4.90. The van der Waals surface area contributed by atoms with Crippen LogP contribution in [0.4, 0.5) is 0 Å². The number of aliphatic hydroxyl groups is 1. The normalized spacial score (nSPS) is 16.4. The maximum Gasteiger partial charge on any atom is 0.139 e. The molecular formula is C27H39N5O2S. The molecule has 8 heteroatoms. The van der Waals surface area contributed by atoms with Gasteiger partial charge < -0.3 is 19.3 Å². The van der Waals surface area contributed by atoms with Gasteiger partial charge in [-0.25, -0.2) is 19.7 Å². The van der Waals surface area contributed by atoms with Gasteiger partial charge in [-0.15, -0.1) is 0 Å². The summed E-state index contributed by atoms with van der Waals surface area (Å²) >= 11 is 0. The first kappa shape index (κ1) is 25.8. The van der Waals surface area contributed by atoms with Gasteiger partial charge in [0, 0.05) is 40.7 Å². The summed E-state index contributed by atoms with van der Waals surface area (Å²) < 4.78 is 10.1. The predicted molar refractivity (Wildman–Crippen MR) is 146 cm³/mol. The first-order chi connectivity index (χ1) is 16.5. The molecule has 0 radical (unpaired) electrons. The molecule has 0 amide bonds. The average molecular weight is 498 g/mol. The van der Waals surface area contributed by atoms with Crippen LogP contribution < -0.4 is 0 Å². The summed E-state index contributed by atoms with van der Waals surface area (Å²) in [5.74, 6) is 7.01. The largest absolute Gasteiger partial charge is 0.378 e. The van der Waals surface area contributed by atoms with Gasteiger partial charge in [-0.1, -0.05) is 5.92 Å². The van der Waals surface area contributed by atoms with E-state index in [4.69, 9.17) is 4.74 Å². The summed E-state index contributed by atoms with van der Waals surface area (Å²) in [4.78, 5) is 6.99. The van der Waals surface area contributed by atoms with E-state index in [1.165, 1.54) is 0 Å². The standard InChI is InChI=1S/C27H39N5O2S/c1-27(2,33)10-7-22-15-24-25(21-16-29-31(18-21)20-34-13-14-35(4,5)6)19-32(26(24)17-28-22)23-8-11-30(3)12-9-23/h15-19,23,33H,8-9,11-14,20H2,1-6H3. The fraction of sp³-hybridized carbons (Fsp3) is 0.556. The van der Waals surface area contributed by atoms with E-state index in [1.807, 2.05) is 23.1 Å². The molecule has 0 spiro atoms. The predicted octanol–water partition coefficient (Wildman–Crippen LogP) is 3.96. The zero-order chi connectivity index (χ0) is 25.2. The number of hydrogen-bond acceptors (Lipinski definition) is 5.